The minimum absolute atomic E-state index is 0.258. The van der Waals surface area contributed by atoms with Gasteiger partial charge in [0.1, 0.15) is 19.0 Å². The Kier molecular flexibility index (Phi) is 7.40. The van der Waals surface area contributed by atoms with Gasteiger partial charge in [0.25, 0.3) is 5.56 Å². The highest BCUT2D eigenvalue weighted by atomic mass is 16.3. The summed E-state index contributed by atoms with van der Waals surface area (Å²) in [6.07, 6.45) is 3.05. The van der Waals surface area contributed by atoms with E-state index < -0.39 is 16.8 Å². The van der Waals surface area contributed by atoms with Gasteiger partial charge in [0, 0.05) is 18.6 Å². The Hall–Kier alpha value is -2.42. The number of aliphatic hydroxyl groups is 1. The first-order valence-electron chi connectivity index (χ1n) is 10.3. The van der Waals surface area contributed by atoms with Crippen molar-refractivity contribution in [1.82, 2.24) is 24.0 Å². The number of aryl methyl sites for hydroxylation is 2. The predicted molar refractivity (Wildman–Crippen MR) is 112 cm³/mol. The van der Waals surface area contributed by atoms with Crippen LogP contribution in [-0.2, 0) is 31.0 Å². The van der Waals surface area contributed by atoms with E-state index in [2.05, 4.69) is 10.3 Å². The second kappa shape index (κ2) is 9.39. The average molecular weight is 408 g/mol. The number of rotatable bonds is 10. The summed E-state index contributed by atoms with van der Waals surface area (Å²) in [7, 11) is 0. The maximum Gasteiger partial charge on any atom is 0.333 e. The number of aromatic nitrogens is 4. The molecular weight excluding hydrogens is 374 g/mol. The van der Waals surface area contributed by atoms with Gasteiger partial charge in [0.05, 0.1) is 0 Å². The molecule has 2 N–H and O–H groups in total. The summed E-state index contributed by atoms with van der Waals surface area (Å²) >= 11 is 0. The zero-order chi connectivity index (χ0) is 21.8. The molecule has 9 heteroatoms. The fourth-order valence-electron chi connectivity index (χ4n) is 3.23. The van der Waals surface area contributed by atoms with Crippen molar-refractivity contribution in [3.05, 3.63) is 26.7 Å². The molecule has 0 aromatic carbocycles. The van der Waals surface area contributed by atoms with Crippen molar-refractivity contribution in [3.8, 4) is 0 Å². The number of hydrogen-bond acceptors (Lipinski definition) is 5. The van der Waals surface area contributed by atoms with Gasteiger partial charge in [-0.1, -0.05) is 27.2 Å². The third-order valence-corrected chi connectivity index (χ3v) is 5.18. The van der Waals surface area contributed by atoms with Crippen LogP contribution in [0, 0.1) is 0 Å². The highest BCUT2D eigenvalue weighted by Crippen LogP contribution is 2.14. The fraction of sp³-hybridized carbons (Fsp3) is 0.700. The van der Waals surface area contributed by atoms with Crippen molar-refractivity contribution in [2.75, 3.05) is 0 Å². The van der Waals surface area contributed by atoms with Gasteiger partial charge in [-0.2, -0.15) is 0 Å². The molecule has 162 valence electrons. The lowest BCUT2D eigenvalue weighted by atomic mass is 10.0. The Morgan fingerprint density at radius 3 is 2.31 bits per heavy atom. The van der Waals surface area contributed by atoms with Crippen LogP contribution in [0.4, 0.5) is 0 Å². The summed E-state index contributed by atoms with van der Waals surface area (Å²) in [4.78, 5) is 43.2. The Labute approximate surface area is 170 Å². The standard InChI is InChI=1S/C20H33N5O4/c1-6-9-11-24-17-16(23(10-7-2)14(13-26)21-17)18(28)25(19(24)29)12-15(27)22-20(4,5)8-3/h26H,6-13H2,1-5H3,(H,22,27). The third kappa shape index (κ3) is 4.77. The molecule has 0 radical (unpaired) electrons. The summed E-state index contributed by atoms with van der Waals surface area (Å²) in [5.74, 6) is -0.0423. The van der Waals surface area contributed by atoms with Crippen LogP contribution < -0.4 is 16.6 Å². The summed E-state index contributed by atoms with van der Waals surface area (Å²) in [5.41, 5.74) is -1.00. The molecular formula is C20H33N5O4. The first-order chi connectivity index (χ1) is 13.7. The Morgan fingerprint density at radius 2 is 1.76 bits per heavy atom. The largest absolute Gasteiger partial charge is 0.388 e. The van der Waals surface area contributed by atoms with Crippen LogP contribution in [0.25, 0.3) is 11.2 Å². The van der Waals surface area contributed by atoms with E-state index in [-0.39, 0.29) is 30.2 Å². The van der Waals surface area contributed by atoms with Crippen LogP contribution in [0.5, 0.6) is 0 Å². The molecule has 0 aliphatic rings. The molecule has 0 spiro atoms. The van der Waals surface area contributed by atoms with Crippen LogP contribution in [0.15, 0.2) is 9.59 Å². The maximum absolute atomic E-state index is 13.2. The van der Waals surface area contributed by atoms with Crippen LogP contribution >= 0.6 is 0 Å². The molecule has 2 aromatic heterocycles. The molecule has 0 fully saturated rings. The number of amides is 1. The zero-order valence-electron chi connectivity index (χ0n) is 18.1. The molecule has 0 aliphatic carbocycles. The minimum Gasteiger partial charge on any atom is -0.388 e. The van der Waals surface area contributed by atoms with Crippen LogP contribution in [0.3, 0.4) is 0 Å². The number of hydrogen-bond donors (Lipinski definition) is 2. The minimum atomic E-state index is -0.553. The molecule has 1 amide bonds. The SMILES string of the molecule is CCCCn1c(=O)n(CC(=O)NC(C)(C)CC)c(=O)c2c1nc(CO)n2CCC. The highest BCUT2D eigenvalue weighted by Gasteiger charge is 2.24. The van der Waals surface area contributed by atoms with Crippen molar-refractivity contribution < 1.29 is 9.90 Å². The lowest BCUT2D eigenvalue weighted by molar-refractivity contribution is -0.123. The second-order valence-corrected chi connectivity index (χ2v) is 7.97. The zero-order valence-corrected chi connectivity index (χ0v) is 18.1. The highest BCUT2D eigenvalue weighted by molar-refractivity contribution is 5.77. The quantitative estimate of drug-likeness (QED) is 0.618. The number of carbonyl (C=O) groups is 1. The van der Waals surface area contributed by atoms with Crippen molar-refractivity contribution >= 4 is 17.1 Å². The molecule has 0 bridgehead atoms. The molecule has 29 heavy (non-hydrogen) atoms. The predicted octanol–water partition coefficient (Wildman–Crippen LogP) is 1.37. The van der Waals surface area contributed by atoms with Gasteiger partial charge in [-0.15, -0.1) is 0 Å². The second-order valence-electron chi connectivity index (χ2n) is 7.97. The smallest absolute Gasteiger partial charge is 0.333 e. The molecule has 2 heterocycles. The van der Waals surface area contributed by atoms with Crippen LogP contribution in [0.1, 0.15) is 66.1 Å². The summed E-state index contributed by atoms with van der Waals surface area (Å²) < 4.78 is 4.09. The first kappa shape index (κ1) is 22.9. The summed E-state index contributed by atoms with van der Waals surface area (Å²) in [6.45, 7) is 9.89. The lowest BCUT2D eigenvalue weighted by Gasteiger charge is -2.24. The van der Waals surface area contributed by atoms with E-state index in [9.17, 15) is 19.5 Å². The van der Waals surface area contributed by atoms with E-state index in [1.807, 2.05) is 34.6 Å². The molecule has 9 nitrogen and oxygen atoms in total. The molecule has 0 aliphatic heterocycles. The van der Waals surface area contributed by atoms with Gasteiger partial charge in [0.2, 0.25) is 5.91 Å². The summed E-state index contributed by atoms with van der Waals surface area (Å²) in [6, 6.07) is 0. The van der Waals surface area contributed by atoms with E-state index in [4.69, 9.17) is 0 Å². The van der Waals surface area contributed by atoms with Gasteiger partial charge >= 0.3 is 5.69 Å². The molecule has 0 saturated carbocycles. The lowest BCUT2D eigenvalue weighted by Crippen LogP contribution is -2.48. The maximum atomic E-state index is 13.2. The van der Waals surface area contributed by atoms with Crippen LogP contribution in [0.2, 0.25) is 0 Å². The fourth-order valence-corrected chi connectivity index (χ4v) is 3.23. The normalized spacial score (nSPS) is 11.9. The monoisotopic (exact) mass is 407 g/mol. The molecule has 0 atom stereocenters. The van der Waals surface area contributed by atoms with Crippen molar-refractivity contribution in [3.63, 3.8) is 0 Å². The Balaban J connectivity index is 2.69. The number of unbranched alkanes of at least 4 members (excludes halogenated alkanes) is 1. The van der Waals surface area contributed by atoms with Crippen molar-refractivity contribution in [2.24, 2.45) is 0 Å². The van der Waals surface area contributed by atoms with E-state index in [1.165, 1.54) is 4.57 Å². The Bertz CT molecular complexity index is 983. The number of nitrogens with one attached hydrogen (secondary N) is 1. The van der Waals surface area contributed by atoms with Gasteiger partial charge < -0.3 is 15.0 Å². The first-order valence-corrected chi connectivity index (χ1v) is 10.3. The van der Waals surface area contributed by atoms with E-state index in [0.717, 1.165) is 30.3 Å². The number of carbonyl (C=O) groups excluding carboxylic acids is 1. The van der Waals surface area contributed by atoms with Gasteiger partial charge in [0.15, 0.2) is 11.2 Å². The van der Waals surface area contributed by atoms with E-state index >= 15 is 0 Å². The topological polar surface area (TPSA) is 111 Å². The number of nitrogens with zero attached hydrogens (tertiary/aromatic N) is 4. The average Bonchev–Trinajstić information content (AvgIpc) is 3.03. The molecule has 2 rings (SSSR count). The van der Waals surface area contributed by atoms with Gasteiger partial charge in [-0.05, 0) is 33.1 Å². The Morgan fingerprint density at radius 1 is 1.07 bits per heavy atom. The van der Waals surface area contributed by atoms with Gasteiger partial charge in [-0.3, -0.25) is 14.2 Å². The molecule has 0 saturated heterocycles. The van der Waals surface area contributed by atoms with Crippen LogP contribution in [-0.4, -0.2) is 35.2 Å². The number of fused-ring (bicyclic) bond motifs is 1. The van der Waals surface area contributed by atoms with Crippen molar-refractivity contribution in [1.29, 1.82) is 0 Å². The van der Waals surface area contributed by atoms with Gasteiger partial charge in [-0.25, -0.2) is 14.3 Å². The number of imidazole rings is 1. The van der Waals surface area contributed by atoms with Crippen molar-refractivity contribution in [2.45, 2.75) is 92.1 Å². The summed E-state index contributed by atoms with van der Waals surface area (Å²) in [5, 5.41) is 12.6. The van der Waals surface area contributed by atoms with E-state index in [1.54, 1.807) is 4.57 Å². The molecule has 0 unspecified atom stereocenters. The third-order valence-electron chi connectivity index (χ3n) is 5.18. The molecule has 2 aromatic rings. The number of aliphatic hydroxyl groups excluding tert-OH is 1. The van der Waals surface area contributed by atoms with E-state index in [0.29, 0.717) is 18.9 Å².